The molecule has 31 heavy (non-hydrogen) atoms. The predicted octanol–water partition coefficient (Wildman–Crippen LogP) is 3.07. The van der Waals surface area contributed by atoms with E-state index in [1.54, 1.807) is 6.07 Å². The van der Waals surface area contributed by atoms with Gasteiger partial charge in [0.15, 0.2) is 0 Å². The lowest BCUT2D eigenvalue weighted by Crippen LogP contribution is -2.41. The van der Waals surface area contributed by atoms with Crippen LogP contribution in [0.25, 0.3) is 0 Å². The number of rotatable bonds is 5. The summed E-state index contributed by atoms with van der Waals surface area (Å²) in [5.41, 5.74) is 1.84. The number of carbonyl (C=O) groups is 3. The molecule has 7 nitrogen and oxygen atoms in total. The first-order valence-corrected chi connectivity index (χ1v) is 10.0. The van der Waals surface area contributed by atoms with Gasteiger partial charge in [0.05, 0.1) is 6.04 Å². The number of nitrogens with one attached hydrogen (secondary N) is 1. The van der Waals surface area contributed by atoms with E-state index in [4.69, 9.17) is 19.8 Å². The SMILES string of the molecule is C[C@@H](NC(=O)C1CCN(Cc2ccccc2F)CC1)c1ccccc1.O=C(O)C(=O)O. The molecule has 0 saturated carbocycles. The van der Waals surface area contributed by atoms with Gasteiger partial charge in [0, 0.05) is 18.0 Å². The highest BCUT2D eigenvalue weighted by molar-refractivity contribution is 6.27. The van der Waals surface area contributed by atoms with Crippen LogP contribution >= 0.6 is 0 Å². The number of carbonyl (C=O) groups excluding carboxylic acids is 1. The van der Waals surface area contributed by atoms with Crippen molar-refractivity contribution >= 4 is 17.8 Å². The number of benzene rings is 2. The van der Waals surface area contributed by atoms with E-state index in [2.05, 4.69) is 10.2 Å². The maximum atomic E-state index is 13.8. The first-order chi connectivity index (χ1) is 14.8. The van der Waals surface area contributed by atoms with Crippen molar-refractivity contribution in [1.82, 2.24) is 10.2 Å². The molecule has 0 bridgehead atoms. The highest BCUT2D eigenvalue weighted by Gasteiger charge is 2.26. The smallest absolute Gasteiger partial charge is 0.414 e. The molecule has 0 spiro atoms. The Morgan fingerprint density at radius 2 is 1.55 bits per heavy atom. The number of aliphatic carboxylic acids is 2. The summed E-state index contributed by atoms with van der Waals surface area (Å²) in [5.74, 6) is -3.63. The van der Waals surface area contributed by atoms with Crippen LogP contribution in [0, 0.1) is 11.7 Å². The molecule has 1 aliphatic rings. The Hall–Kier alpha value is -3.26. The van der Waals surface area contributed by atoms with Gasteiger partial charge < -0.3 is 15.5 Å². The van der Waals surface area contributed by atoms with E-state index in [-0.39, 0.29) is 23.7 Å². The number of piperidine rings is 1. The van der Waals surface area contributed by atoms with Crippen molar-refractivity contribution in [3.8, 4) is 0 Å². The number of hydrogen-bond donors (Lipinski definition) is 3. The monoisotopic (exact) mass is 430 g/mol. The molecule has 1 atom stereocenters. The molecule has 0 radical (unpaired) electrons. The number of likely N-dealkylation sites (tertiary alicyclic amines) is 1. The maximum absolute atomic E-state index is 13.8. The van der Waals surface area contributed by atoms with Gasteiger partial charge in [-0.15, -0.1) is 0 Å². The van der Waals surface area contributed by atoms with Gasteiger partial charge in [-0.05, 0) is 44.5 Å². The van der Waals surface area contributed by atoms with E-state index < -0.39 is 11.9 Å². The van der Waals surface area contributed by atoms with E-state index in [1.165, 1.54) is 6.07 Å². The summed E-state index contributed by atoms with van der Waals surface area (Å²) >= 11 is 0. The summed E-state index contributed by atoms with van der Waals surface area (Å²) in [6, 6.07) is 16.9. The van der Waals surface area contributed by atoms with Gasteiger partial charge in [-0.1, -0.05) is 48.5 Å². The van der Waals surface area contributed by atoms with Crippen molar-refractivity contribution in [3.05, 3.63) is 71.5 Å². The van der Waals surface area contributed by atoms with Crippen LogP contribution in [-0.4, -0.2) is 46.0 Å². The van der Waals surface area contributed by atoms with Crippen molar-refractivity contribution in [2.24, 2.45) is 5.92 Å². The van der Waals surface area contributed by atoms with Crippen LogP contribution in [0.15, 0.2) is 54.6 Å². The minimum absolute atomic E-state index is 0.0187. The standard InChI is InChI=1S/C21H25FN2O.C2H2O4/c1-16(17-7-3-2-4-8-17)23-21(25)18-11-13-24(14-12-18)15-19-9-5-6-10-20(19)22;3-1(4)2(5)6/h2-10,16,18H,11-15H2,1H3,(H,23,25);(H,3,4)(H,5,6)/t16-;/m1./s1. The second-order valence-electron chi connectivity index (χ2n) is 7.39. The lowest BCUT2D eigenvalue weighted by Gasteiger charge is -2.32. The molecule has 0 aromatic heterocycles. The topological polar surface area (TPSA) is 107 Å². The molecule has 0 unspecified atom stereocenters. The van der Waals surface area contributed by atoms with E-state index in [1.807, 2.05) is 49.4 Å². The number of carboxylic acids is 2. The molecular formula is C23H27FN2O5. The summed E-state index contributed by atoms with van der Waals surface area (Å²) in [4.78, 5) is 32.9. The molecule has 3 rings (SSSR count). The fourth-order valence-electron chi connectivity index (χ4n) is 3.38. The highest BCUT2D eigenvalue weighted by Crippen LogP contribution is 2.21. The van der Waals surface area contributed by atoms with Crippen LogP contribution in [0.1, 0.15) is 36.9 Å². The third kappa shape index (κ3) is 7.82. The average Bonchev–Trinajstić information content (AvgIpc) is 2.76. The second kappa shape index (κ2) is 11.8. The minimum Gasteiger partial charge on any atom is -0.473 e. The molecular weight excluding hydrogens is 403 g/mol. The number of hydrogen-bond acceptors (Lipinski definition) is 4. The molecule has 3 N–H and O–H groups in total. The zero-order valence-electron chi connectivity index (χ0n) is 17.3. The van der Waals surface area contributed by atoms with Gasteiger partial charge in [-0.2, -0.15) is 0 Å². The summed E-state index contributed by atoms with van der Waals surface area (Å²) in [6.45, 7) is 4.28. The summed E-state index contributed by atoms with van der Waals surface area (Å²) in [5, 5.41) is 17.9. The summed E-state index contributed by atoms with van der Waals surface area (Å²) < 4.78 is 13.8. The van der Waals surface area contributed by atoms with Crippen LogP contribution in [0.3, 0.4) is 0 Å². The fraction of sp³-hybridized carbons (Fsp3) is 0.348. The molecule has 2 aromatic rings. The van der Waals surface area contributed by atoms with Gasteiger partial charge in [0.1, 0.15) is 5.82 Å². The van der Waals surface area contributed by atoms with E-state index in [0.717, 1.165) is 37.1 Å². The Balaban J connectivity index is 0.000000501. The number of nitrogens with zero attached hydrogens (tertiary/aromatic N) is 1. The first-order valence-electron chi connectivity index (χ1n) is 10.0. The van der Waals surface area contributed by atoms with E-state index in [9.17, 15) is 9.18 Å². The second-order valence-corrected chi connectivity index (χ2v) is 7.39. The molecule has 1 fully saturated rings. The van der Waals surface area contributed by atoms with Gasteiger partial charge in [0.25, 0.3) is 0 Å². The third-order valence-electron chi connectivity index (χ3n) is 5.15. The van der Waals surface area contributed by atoms with E-state index in [0.29, 0.717) is 6.54 Å². The number of carboxylic acid groups (broad SMARTS) is 2. The van der Waals surface area contributed by atoms with Gasteiger partial charge in [0.2, 0.25) is 5.91 Å². The Morgan fingerprint density at radius 1 is 1.00 bits per heavy atom. The molecule has 1 aliphatic heterocycles. The number of halogens is 1. The maximum Gasteiger partial charge on any atom is 0.414 e. The Labute approximate surface area is 180 Å². The summed E-state index contributed by atoms with van der Waals surface area (Å²) in [7, 11) is 0. The fourth-order valence-corrected chi connectivity index (χ4v) is 3.38. The Morgan fingerprint density at radius 3 is 2.10 bits per heavy atom. The highest BCUT2D eigenvalue weighted by atomic mass is 19.1. The largest absolute Gasteiger partial charge is 0.473 e. The molecule has 0 aliphatic carbocycles. The Kier molecular flexibility index (Phi) is 9.14. The normalized spacial score (nSPS) is 15.3. The van der Waals surface area contributed by atoms with Crippen LogP contribution in [-0.2, 0) is 20.9 Å². The van der Waals surface area contributed by atoms with Gasteiger partial charge >= 0.3 is 11.9 Å². The summed E-state index contributed by atoms with van der Waals surface area (Å²) in [6.07, 6.45) is 1.64. The Bertz CT molecular complexity index is 871. The molecule has 1 heterocycles. The lowest BCUT2D eigenvalue weighted by atomic mass is 9.95. The van der Waals surface area contributed by atoms with Crippen molar-refractivity contribution in [1.29, 1.82) is 0 Å². The quantitative estimate of drug-likeness (QED) is 0.630. The first kappa shape index (κ1) is 24.0. The van der Waals surface area contributed by atoms with Crippen molar-refractivity contribution in [2.75, 3.05) is 13.1 Å². The molecule has 166 valence electrons. The third-order valence-corrected chi connectivity index (χ3v) is 5.15. The van der Waals surface area contributed by atoms with Crippen LogP contribution < -0.4 is 5.32 Å². The lowest BCUT2D eigenvalue weighted by molar-refractivity contribution is -0.159. The van der Waals surface area contributed by atoms with Crippen molar-refractivity contribution in [2.45, 2.75) is 32.4 Å². The van der Waals surface area contributed by atoms with Crippen molar-refractivity contribution < 1.29 is 29.0 Å². The minimum atomic E-state index is -1.82. The van der Waals surface area contributed by atoms with Crippen molar-refractivity contribution in [3.63, 3.8) is 0 Å². The van der Waals surface area contributed by atoms with E-state index >= 15 is 0 Å². The van der Waals surface area contributed by atoms with Crippen LogP contribution in [0.2, 0.25) is 0 Å². The molecule has 2 aromatic carbocycles. The molecule has 1 amide bonds. The molecule has 8 heteroatoms. The average molecular weight is 430 g/mol. The van der Waals surface area contributed by atoms with Crippen LogP contribution in [0.4, 0.5) is 4.39 Å². The van der Waals surface area contributed by atoms with Gasteiger partial charge in [-0.25, -0.2) is 14.0 Å². The predicted molar refractivity (Wildman–Crippen MR) is 113 cm³/mol. The zero-order valence-corrected chi connectivity index (χ0v) is 17.3. The molecule has 1 saturated heterocycles. The van der Waals surface area contributed by atoms with Crippen LogP contribution in [0.5, 0.6) is 0 Å². The van der Waals surface area contributed by atoms with Gasteiger partial charge in [-0.3, -0.25) is 9.69 Å². The zero-order chi connectivity index (χ0) is 22.8. The number of amides is 1.